The van der Waals surface area contributed by atoms with Crippen LogP contribution in [0.5, 0.6) is 0 Å². The third-order valence-corrected chi connectivity index (χ3v) is 3.86. The lowest BCUT2D eigenvalue weighted by Gasteiger charge is -2.27. The Labute approximate surface area is 118 Å². The Morgan fingerprint density at radius 1 is 1.55 bits per heavy atom. The van der Waals surface area contributed by atoms with Gasteiger partial charge in [-0.3, -0.25) is 0 Å². The predicted molar refractivity (Wildman–Crippen MR) is 75.4 cm³/mol. The van der Waals surface area contributed by atoms with Crippen molar-refractivity contribution < 1.29 is 14.6 Å². The van der Waals surface area contributed by atoms with E-state index in [-0.39, 0.29) is 6.10 Å². The number of hydrogen-bond donors (Lipinski definition) is 1. The van der Waals surface area contributed by atoms with E-state index in [1.54, 1.807) is 0 Å². The van der Waals surface area contributed by atoms with Gasteiger partial charge in [-0.15, -0.1) is 0 Å². The predicted octanol–water partition coefficient (Wildman–Crippen LogP) is 2.02. The molecule has 0 aliphatic carbocycles. The first-order chi connectivity index (χ1) is 9.72. The van der Waals surface area contributed by atoms with Gasteiger partial charge in [0.1, 0.15) is 5.82 Å². The van der Waals surface area contributed by atoms with Gasteiger partial charge >= 0.3 is 0 Å². The van der Waals surface area contributed by atoms with E-state index in [4.69, 9.17) is 9.47 Å². The molecule has 2 atom stereocenters. The van der Waals surface area contributed by atoms with Gasteiger partial charge < -0.3 is 19.1 Å². The van der Waals surface area contributed by atoms with E-state index >= 15 is 0 Å². The number of aliphatic hydroxyl groups is 1. The molecule has 1 N–H and O–H groups in total. The minimum Gasteiger partial charge on any atom is -0.376 e. The maximum atomic E-state index is 9.81. The number of rotatable bonds is 5. The van der Waals surface area contributed by atoms with Crippen molar-refractivity contribution in [1.29, 1.82) is 0 Å². The van der Waals surface area contributed by atoms with E-state index in [2.05, 4.69) is 16.5 Å². The fraction of sp³-hybridized carbons (Fsp3) is 0.533. The molecule has 0 bridgehead atoms. The molecule has 0 amide bonds. The number of ether oxygens (including phenoxy) is 2. The summed E-state index contributed by atoms with van der Waals surface area (Å²) in [6.07, 6.45) is 1.37. The molecular weight excluding hydrogens is 256 g/mol. The summed E-state index contributed by atoms with van der Waals surface area (Å²) in [5.41, 5.74) is 2.73. The van der Waals surface area contributed by atoms with E-state index < -0.39 is 6.29 Å². The lowest BCUT2D eigenvalue weighted by atomic mass is 10.1. The normalized spacial score (nSPS) is 20.1. The molecule has 1 fully saturated rings. The lowest BCUT2D eigenvalue weighted by Crippen LogP contribution is -2.31. The van der Waals surface area contributed by atoms with Gasteiger partial charge in [0, 0.05) is 25.7 Å². The lowest BCUT2D eigenvalue weighted by molar-refractivity contribution is -0.0768. The third-order valence-electron chi connectivity index (χ3n) is 3.86. The molecular formula is C15H20N2O3. The van der Waals surface area contributed by atoms with E-state index in [0.717, 1.165) is 48.4 Å². The Kier molecular flexibility index (Phi) is 3.74. The van der Waals surface area contributed by atoms with Crippen LogP contribution in [0.2, 0.25) is 0 Å². The number of aromatic nitrogens is 2. The summed E-state index contributed by atoms with van der Waals surface area (Å²) in [6, 6.07) is 5.74. The van der Waals surface area contributed by atoms with E-state index in [9.17, 15) is 5.11 Å². The number of benzene rings is 1. The summed E-state index contributed by atoms with van der Waals surface area (Å²) in [6.45, 7) is 3.78. The smallest absolute Gasteiger partial charge is 0.180 e. The Hall–Kier alpha value is -1.43. The van der Waals surface area contributed by atoms with E-state index in [1.165, 1.54) is 7.11 Å². The van der Waals surface area contributed by atoms with Crippen LogP contribution in [-0.4, -0.2) is 34.5 Å². The molecule has 108 valence electrons. The van der Waals surface area contributed by atoms with Crippen LogP contribution in [0.4, 0.5) is 0 Å². The molecule has 3 rings (SSSR count). The van der Waals surface area contributed by atoms with Crippen LogP contribution >= 0.6 is 0 Å². The van der Waals surface area contributed by atoms with Crippen molar-refractivity contribution in [3.8, 4) is 0 Å². The average Bonchev–Trinajstić information content (AvgIpc) is 2.78. The van der Waals surface area contributed by atoms with Crippen molar-refractivity contribution in [3.05, 3.63) is 29.6 Å². The first-order valence-corrected chi connectivity index (χ1v) is 7.04. The second-order valence-corrected chi connectivity index (χ2v) is 5.11. The molecule has 1 saturated heterocycles. The maximum Gasteiger partial charge on any atom is 0.180 e. The molecule has 1 aromatic carbocycles. The Morgan fingerprint density at radius 3 is 2.95 bits per heavy atom. The largest absolute Gasteiger partial charge is 0.376 e. The number of methoxy groups -OCH3 is 1. The zero-order valence-corrected chi connectivity index (χ0v) is 11.9. The summed E-state index contributed by atoms with van der Waals surface area (Å²) < 4.78 is 12.7. The highest BCUT2D eigenvalue weighted by atomic mass is 16.6. The van der Waals surface area contributed by atoms with Crippen LogP contribution in [0.3, 0.4) is 0 Å². The highest BCUT2D eigenvalue weighted by molar-refractivity contribution is 5.77. The molecule has 0 saturated carbocycles. The fourth-order valence-electron chi connectivity index (χ4n) is 2.59. The number of aliphatic hydroxyl groups excluding tert-OH is 1. The topological polar surface area (TPSA) is 56.5 Å². The first kappa shape index (κ1) is 13.5. The quantitative estimate of drug-likeness (QED) is 0.849. The fourth-order valence-corrected chi connectivity index (χ4v) is 2.59. The maximum absolute atomic E-state index is 9.81. The number of aryl methyl sites for hydroxylation is 1. The molecule has 2 heterocycles. The molecule has 20 heavy (non-hydrogen) atoms. The molecule has 1 aromatic heterocycles. The minimum atomic E-state index is -0.896. The van der Waals surface area contributed by atoms with E-state index in [0.29, 0.717) is 0 Å². The summed E-state index contributed by atoms with van der Waals surface area (Å²) in [7, 11) is 1.49. The van der Waals surface area contributed by atoms with Crippen molar-refractivity contribution in [2.75, 3.05) is 13.7 Å². The molecule has 0 spiro atoms. The second kappa shape index (κ2) is 5.52. The van der Waals surface area contributed by atoms with Crippen LogP contribution in [0.25, 0.3) is 11.0 Å². The van der Waals surface area contributed by atoms with Gasteiger partial charge in [0.05, 0.1) is 23.7 Å². The van der Waals surface area contributed by atoms with Gasteiger partial charge in [-0.25, -0.2) is 4.98 Å². The Morgan fingerprint density at radius 2 is 2.35 bits per heavy atom. The second-order valence-electron chi connectivity index (χ2n) is 5.11. The minimum absolute atomic E-state index is 0.286. The molecule has 5 nitrogen and oxygen atoms in total. The van der Waals surface area contributed by atoms with Crippen molar-refractivity contribution in [2.45, 2.75) is 38.7 Å². The number of imidazole rings is 1. The van der Waals surface area contributed by atoms with Gasteiger partial charge in [-0.1, -0.05) is 13.0 Å². The number of hydrogen-bond acceptors (Lipinski definition) is 4. The van der Waals surface area contributed by atoms with Crippen LogP contribution in [0.15, 0.2) is 18.2 Å². The molecule has 1 aliphatic heterocycles. The van der Waals surface area contributed by atoms with Gasteiger partial charge in [-0.05, 0) is 18.6 Å². The van der Waals surface area contributed by atoms with Crippen molar-refractivity contribution in [1.82, 2.24) is 9.55 Å². The van der Waals surface area contributed by atoms with Crippen LogP contribution < -0.4 is 0 Å². The highest BCUT2D eigenvalue weighted by Gasteiger charge is 2.21. The van der Waals surface area contributed by atoms with Gasteiger partial charge in [-0.2, -0.15) is 0 Å². The zero-order valence-electron chi connectivity index (χ0n) is 11.9. The summed E-state index contributed by atoms with van der Waals surface area (Å²) >= 11 is 0. The Balaban J connectivity index is 2.03. The Bertz CT molecular complexity index is 604. The van der Waals surface area contributed by atoms with Gasteiger partial charge in [0.25, 0.3) is 0 Å². The van der Waals surface area contributed by atoms with Crippen molar-refractivity contribution in [3.63, 3.8) is 0 Å². The van der Waals surface area contributed by atoms with Crippen LogP contribution in [0, 0.1) is 0 Å². The average molecular weight is 276 g/mol. The monoisotopic (exact) mass is 276 g/mol. The van der Waals surface area contributed by atoms with Crippen molar-refractivity contribution >= 4 is 11.0 Å². The summed E-state index contributed by atoms with van der Waals surface area (Å²) in [5, 5.41) is 9.81. The molecule has 5 heteroatoms. The van der Waals surface area contributed by atoms with E-state index in [1.807, 2.05) is 18.2 Å². The zero-order chi connectivity index (χ0) is 14.1. The SMILES string of the molecule is CCc1nc2ccc(C(O)OC)cc2n1C[C@@H]1CCO1. The van der Waals surface area contributed by atoms with Crippen LogP contribution in [-0.2, 0) is 22.4 Å². The molecule has 1 unspecified atom stereocenters. The summed E-state index contributed by atoms with van der Waals surface area (Å²) in [4.78, 5) is 4.65. The first-order valence-electron chi connectivity index (χ1n) is 7.04. The highest BCUT2D eigenvalue weighted by Crippen LogP contribution is 2.24. The summed E-state index contributed by atoms with van der Waals surface area (Å²) in [5.74, 6) is 1.06. The van der Waals surface area contributed by atoms with Crippen LogP contribution in [0.1, 0.15) is 31.0 Å². The van der Waals surface area contributed by atoms with Crippen molar-refractivity contribution in [2.24, 2.45) is 0 Å². The number of fused-ring (bicyclic) bond motifs is 1. The standard InChI is InChI=1S/C15H20N2O3/c1-3-14-16-12-5-4-10(15(18)19-2)8-13(12)17(14)9-11-6-7-20-11/h4-5,8,11,15,18H,3,6-7,9H2,1-2H3/t11-,15?/m0/s1. The molecule has 2 aromatic rings. The number of nitrogens with zero attached hydrogens (tertiary/aromatic N) is 2. The van der Waals surface area contributed by atoms with Gasteiger partial charge in [0.2, 0.25) is 0 Å². The van der Waals surface area contributed by atoms with Gasteiger partial charge in [0.15, 0.2) is 6.29 Å². The molecule has 0 radical (unpaired) electrons. The molecule has 1 aliphatic rings. The third kappa shape index (κ3) is 2.32.